The largest absolute Gasteiger partial charge is 0.299 e. The fourth-order valence-electron chi connectivity index (χ4n) is 1.11. The SMILES string of the molecule is C\C(C=O)=C/C=C/C(C)=C/C=C/C=C(C)/C=C/C=O. The Labute approximate surface area is 115 Å². The second-order valence-electron chi connectivity index (χ2n) is 4.09. The Kier molecular flexibility index (Phi) is 9.63. The van der Waals surface area contributed by atoms with Gasteiger partial charge in [0.25, 0.3) is 0 Å². The Morgan fingerprint density at radius 3 is 1.58 bits per heavy atom. The quantitative estimate of drug-likeness (QED) is 0.393. The number of carbonyl (C=O) groups is 2. The number of aldehydes is 2. The summed E-state index contributed by atoms with van der Waals surface area (Å²) in [6.07, 6.45) is 18.1. The molecule has 0 heterocycles. The maximum absolute atomic E-state index is 10.4. The molecule has 0 aliphatic rings. The van der Waals surface area contributed by atoms with Crippen molar-refractivity contribution in [1.82, 2.24) is 0 Å². The molecular formula is C17H20O2. The summed E-state index contributed by atoms with van der Waals surface area (Å²) in [7, 11) is 0. The highest BCUT2D eigenvalue weighted by atomic mass is 16.1. The summed E-state index contributed by atoms with van der Waals surface area (Å²) >= 11 is 0. The lowest BCUT2D eigenvalue weighted by Crippen LogP contribution is -1.73. The fraction of sp³-hybridized carbons (Fsp3) is 0.176. The highest BCUT2D eigenvalue weighted by Gasteiger charge is 1.80. The van der Waals surface area contributed by atoms with Crippen LogP contribution in [0.15, 0.2) is 71.4 Å². The second kappa shape index (κ2) is 10.9. The van der Waals surface area contributed by atoms with E-state index in [-0.39, 0.29) is 0 Å². The van der Waals surface area contributed by atoms with Crippen LogP contribution in [0.2, 0.25) is 0 Å². The summed E-state index contributed by atoms with van der Waals surface area (Å²) in [5.74, 6) is 0. The maximum atomic E-state index is 10.4. The first kappa shape index (κ1) is 16.8. The smallest absolute Gasteiger partial charge is 0.145 e. The van der Waals surface area contributed by atoms with Gasteiger partial charge in [0.1, 0.15) is 12.6 Å². The molecule has 0 fully saturated rings. The summed E-state index contributed by atoms with van der Waals surface area (Å²) < 4.78 is 0. The van der Waals surface area contributed by atoms with Gasteiger partial charge in [-0.2, -0.15) is 0 Å². The number of carbonyl (C=O) groups excluding carboxylic acids is 2. The molecule has 19 heavy (non-hydrogen) atoms. The minimum atomic E-state index is 0.695. The zero-order chi connectivity index (χ0) is 14.5. The molecule has 0 rings (SSSR count). The van der Waals surface area contributed by atoms with Crippen LogP contribution in [0.5, 0.6) is 0 Å². The van der Waals surface area contributed by atoms with Crippen LogP contribution in [-0.2, 0) is 9.59 Å². The van der Waals surface area contributed by atoms with Crippen molar-refractivity contribution >= 4 is 12.6 Å². The summed E-state index contributed by atoms with van der Waals surface area (Å²) in [5, 5.41) is 0. The van der Waals surface area contributed by atoms with E-state index in [0.717, 1.165) is 23.7 Å². The summed E-state index contributed by atoms with van der Waals surface area (Å²) in [6.45, 7) is 5.66. The van der Waals surface area contributed by atoms with Crippen LogP contribution < -0.4 is 0 Å². The third kappa shape index (κ3) is 10.6. The number of allylic oxidation sites excluding steroid dienone is 12. The lowest BCUT2D eigenvalue weighted by Gasteiger charge is -1.88. The van der Waals surface area contributed by atoms with E-state index in [2.05, 4.69) is 0 Å². The second-order valence-corrected chi connectivity index (χ2v) is 4.09. The highest BCUT2D eigenvalue weighted by molar-refractivity contribution is 5.72. The Morgan fingerprint density at radius 2 is 1.11 bits per heavy atom. The maximum Gasteiger partial charge on any atom is 0.145 e. The van der Waals surface area contributed by atoms with Crippen molar-refractivity contribution in [3.05, 3.63) is 71.4 Å². The first-order valence-corrected chi connectivity index (χ1v) is 6.04. The van der Waals surface area contributed by atoms with E-state index in [1.54, 1.807) is 19.1 Å². The molecule has 0 saturated carbocycles. The Balaban J connectivity index is 4.43. The van der Waals surface area contributed by atoms with Gasteiger partial charge in [-0.3, -0.25) is 9.59 Å². The van der Waals surface area contributed by atoms with Crippen LogP contribution >= 0.6 is 0 Å². The van der Waals surface area contributed by atoms with Crippen molar-refractivity contribution in [1.29, 1.82) is 0 Å². The van der Waals surface area contributed by atoms with Crippen LogP contribution in [0.4, 0.5) is 0 Å². The van der Waals surface area contributed by atoms with E-state index in [0.29, 0.717) is 5.57 Å². The van der Waals surface area contributed by atoms with E-state index < -0.39 is 0 Å². The molecule has 0 bridgehead atoms. The van der Waals surface area contributed by atoms with E-state index in [1.165, 1.54) is 6.08 Å². The predicted molar refractivity (Wildman–Crippen MR) is 80.8 cm³/mol. The molecule has 2 nitrogen and oxygen atoms in total. The average Bonchev–Trinajstić information content (AvgIpc) is 2.41. The van der Waals surface area contributed by atoms with Gasteiger partial charge in [-0.15, -0.1) is 0 Å². The monoisotopic (exact) mass is 256 g/mol. The van der Waals surface area contributed by atoms with Gasteiger partial charge in [-0.25, -0.2) is 0 Å². The van der Waals surface area contributed by atoms with Crippen molar-refractivity contribution in [3.8, 4) is 0 Å². The van der Waals surface area contributed by atoms with Gasteiger partial charge in [0.2, 0.25) is 0 Å². The van der Waals surface area contributed by atoms with Gasteiger partial charge in [-0.1, -0.05) is 59.8 Å². The van der Waals surface area contributed by atoms with Crippen molar-refractivity contribution in [3.63, 3.8) is 0 Å². The van der Waals surface area contributed by atoms with Crippen LogP contribution in [0.3, 0.4) is 0 Å². The van der Waals surface area contributed by atoms with Crippen molar-refractivity contribution in [2.24, 2.45) is 0 Å². The molecule has 0 aromatic heterocycles. The molecule has 0 aliphatic carbocycles. The minimum Gasteiger partial charge on any atom is -0.299 e. The molecule has 0 aromatic carbocycles. The molecule has 0 spiro atoms. The lowest BCUT2D eigenvalue weighted by atomic mass is 10.2. The molecule has 2 heteroatoms. The normalized spacial score (nSPS) is 14.8. The molecule has 0 amide bonds. The Morgan fingerprint density at radius 1 is 0.632 bits per heavy atom. The van der Waals surface area contributed by atoms with Crippen molar-refractivity contribution in [2.45, 2.75) is 20.8 Å². The molecule has 0 unspecified atom stereocenters. The number of hydrogen-bond acceptors (Lipinski definition) is 2. The first-order valence-electron chi connectivity index (χ1n) is 6.04. The molecule has 100 valence electrons. The van der Waals surface area contributed by atoms with Crippen LogP contribution in [-0.4, -0.2) is 12.6 Å². The summed E-state index contributed by atoms with van der Waals surface area (Å²) in [5.41, 5.74) is 2.79. The van der Waals surface area contributed by atoms with Crippen molar-refractivity contribution in [2.75, 3.05) is 0 Å². The minimum absolute atomic E-state index is 0.695. The first-order chi connectivity index (χ1) is 9.10. The van der Waals surface area contributed by atoms with E-state index >= 15 is 0 Å². The van der Waals surface area contributed by atoms with Gasteiger partial charge in [0, 0.05) is 0 Å². The van der Waals surface area contributed by atoms with Gasteiger partial charge in [0.05, 0.1) is 0 Å². The Bertz CT molecular complexity index is 469. The van der Waals surface area contributed by atoms with Crippen LogP contribution in [0.1, 0.15) is 20.8 Å². The lowest BCUT2D eigenvalue weighted by molar-refractivity contribution is -0.105. The molecule has 0 aliphatic heterocycles. The van der Waals surface area contributed by atoms with Gasteiger partial charge in [0.15, 0.2) is 0 Å². The number of rotatable bonds is 7. The molecule has 0 radical (unpaired) electrons. The zero-order valence-corrected chi connectivity index (χ0v) is 11.7. The number of hydrogen-bond donors (Lipinski definition) is 0. The summed E-state index contributed by atoms with van der Waals surface area (Å²) in [6, 6.07) is 0. The molecular weight excluding hydrogens is 236 g/mol. The Hall–Kier alpha value is -2.22. The van der Waals surface area contributed by atoms with Gasteiger partial charge in [-0.05, 0) is 32.4 Å². The average molecular weight is 256 g/mol. The predicted octanol–water partition coefficient (Wildman–Crippen LogP) is 3.89. The van der Waals surface area contributed by atoms with E-state index in [1.807, 2.05) is 50.3 Å². The standard InChI is InChI=1S/C17H20O2/c1-15(10-6-11-17(3)14-19)8-4-5-9-16(2)12-7-13-18/h4-14H,1-3H3/b5-4+,10-6+,12-7+,15-8+,16-9+,17-11+. The van der Waals surface area contributed by atoms with Crippen LogP contribution in [0, 0.1) is 0 Å². The van der Waals surface area contributed by atoms with Crippen molar-refractivity contribution < 1.29 is 9.59 Å². The highest BCUT2D eigenvalue weighted by Crippen LogP contribution is 1.99. The topological polar surface area (TPSA) is 34.1 Å². The third-order valence-electron chi connectivity index (χ3n) is 2.17. The molecule has 0 N–H and O–H groups in total. The fourth-order valence-corrected chi connectivity index (χ4v) is 1.11. The summed E-state index contributed by atoms with van der Waals surface area (Å²) in [4.78, 5) is 20.5. The van der Waals surface area contributed by atoms with E-state index in [9.17, 15) is 9.59 Å². The van der Waals surface area contributed by atoms with Gasteiger partial charge >= 0.3 is 0 Å². The molecule has 0 aromatic rings. The third-order valence-corrected chi connectivity index (χ3v) is 2.17. The van der Waals surface area contributed by atoms with E-state index in [4.69, 9.17) is 0 Å². The molecule has 0 atom stereocenters. The van der Waals surface area contributed by atoms with Gasteiger partial charge < -0.3 is 0 Å². The zero-order valence-electron chi connectivity index (χ0n) is 11.7. The van der Waals surface area contributed by atoms with Crippen LogP contribution in [0.25, 0.3) is 0 Å². The molecule has 0 saturated heterocycles.